The van der Waals surface area contributed by atoms with Crippen molar-refractivity contribution in [1.29, 1.82) is 0 Å². The number of hydrogen-bond acceptors (Lipinski definition) is 2. The van der Waals surface area contributed by atoms with Crippen molar-refractivity contribution >= 4 is 0 Å². The molecule has 0 atom stereocenters. The molecule has 0 saturated carbocycles. The fourth-order valence-corrected chi connectivity index (χ4v) is 2.20. The lowest BCUT2D eigenvalue weighted by molar-refractivity contribution is -0.247. The summed E-state index contributed by atoms with van der Waals surface area (Å²) in [4.78, 5) is 0. The molecule has 1 heterocycles. The third-order valence-corrected chi connectivity index (χ3v) is 3.21. The monoisotopic (exact) mass is 196 g/mol. The zero-order valence-electron chi connectivity index (χ0n) is 9.16. The van der Waals surface area contributed by atoms with Crippen LogP contribution in [0.1, 0.15) is 33.1 Å². The molecular weight excluding hydrogens is 176 g/mol. The van der Waals surface area contributed by atoms with Crippen LogP contribution < -0.4 is 0 Å². The van der Waals surface area contributed by atoms with Gasteiger partial charge in [-0.05, 0) is 19.3 Å². The molecule has 1 aliphatic heterocycles. The fourth-order valence-electron chi connectivity index (χ4n) is 2.20. The van der Waals surface area contributed by atoms with Crippen molar-refractivity contribution in [1.82, 2.24) is 0 Å². The van der Waals surface area contributed by atoms with Crippen molar-refractivity contribution in [3.63, 3.8) is 0 Å². The molecule has 0 radical (unpaired) electrons. The molecule has 2 nitrogen and oxygen atoms in total. The van der Waals surface area contributed by atoms with E-state index in [1.54, 1.807) is 0 Å². The summed E-state index contributed by atoms with van der Waals surface area (Å²) in [5.41, 5.74) is 0.292. The Morgan fingerprint density at radius 3 is 2.43 bits per heavy atom. The smallest absolute Gasteiger partial charge is 0.159 e. The maximum atomic E-state index is 5.78. The third kappa shape index (κ3) is 2.01. The van der Waals surface area contributed by atoms with Crippen molar-refractivity contribution < 1.29 is 9.47 Å². The van der Waals surface area contributed by atoms with Crippen LogP contribution in [0, 0.1) is 11.3 Å². The van der Waals surface area contributed by atoms with Gasteiger partial charge in [0.15, 0.2) is 6.29 Å². The van der Waals surface area contributed by atoms with Crippen LogP contribution in [0.5, 0.6) is 0 Å². The van der Waals surface area contributed by atoms with Crippen LogP contribution in [0.3, 0.4) is 0 Å². The highest BCUT2D eigenvalue weighted by molar-refractivity contribution is 4.98. The minimum Gasteiger partial charge on any atom is -0.352 e. The van der Waals surface area contributed by atoms with Crippen molar-refractivity contribution in [2.24, 2.45) is 11.3 Å². The molecule has 0 aromatic rings. The first kappa shape index (κ1) is 10.2. The van der Waals surface area contributed by atoms with E-state index in [2.05, 4.69) is 26.0 Å². The highest BCUT2D eigenvalue weighted by atomic mass is 16.7. The van der Waals surface area contributed by atoms with Crippen LogP contribution in [-0.4, -0.2) is 19.5 Å². The molecule has 0 bridgehead atoms. The first-order valence-electron chi connectivity index (χ1n) is 5.60. The van der Waals surface area contributed by atoms with Gasteiger partial charge in [0, 0.05) is 11.3 Å². The minimum atomic E-state index is 0.0199. The number of allylic oxidation sites excluding steroid dienone is 2. The molecular formula is C12H20O2. The Bertz CT molecular complexity index is 212. The Morgan fingerprint density at radius 1 is 1.21 bits per heavy atom. The molecule has 0 aromatic carbocycles. The van der Waals surface area contributed by atoms with Gasteiger partial charge in [0.2, 0.25) is 0 Å². The first-order valence-corrected chi connectivity index (χ1v) is 5.60. The molecule has 1 aliphatic carbocycles. The predicted molar refractivity (Wildman–Crippen MR) is 56.0 cm³/mol. The molecule has 1 fully saturated rings. The lowest BCUT2D eigenvalue weighted by Crippen LogP contribution is -2.43. The quantitative estimate of drug-likeness (QED) is 0.600. The van der Waals surface area contributed by atoms with Crippen molar-refractivity contribution in [2.45, 2.75) is 39.4 Å². The Hall–Kier alpha value is -0.340. The van der Waals surface area contributed by atoms with Crippen LogP contribution in [0.25, 0.3) is 0 Å². The van der Waals surface area contributed by atoms with Crippen molar-refractivity contribution in [2.75, 3.05) is 13.2 Å². The van der Waals surface area contributed by atoms with E-state index in [0.29, 0.717) is 11.3 Å². The maximum absolute atomic E-state index is 5.78. The normalized spacial score (nSPS) is 38.1. The van der Waals surface area contributed by atoms with Gasteiger partial charge in [0.25, 0.3) is 0 Å². The molecule has 1 saturated heterocycles. The first-order chi connectivity index (χ1) is 6.72. The summed E-state index contributed by atoms with van der Waals surface area (Å²) < 4.78 is 11.6. The Balaban J connectivity index is 1.91. The van der Waals surface area contributed by atoms with Crippen molar-refractivity contribution in [3.05, 3.63) is 12.2 Å². The molecule has 14 heavy (non-hydrogen) atoms. The predicted octanol–water partition coefficient (Wildman–Crippen LogP) is 2.74. The SMILES string of the molecule is CC(C)C1OCC2(CC=CCC2)CO1. The Kier molecular flexibility index (Phi) is 2.93. The van der Waals surface area contributed by atoms with Crippen LogP contribution in [0.4, 0.5) is 0 Å². The summed E-state index contributed by atoms with van der Waals surface area (Å²) in [6.45, 7) is 6.03. The van der Waals surface area contributed by atoms with E-state index in [4.69, 9.17) is 9.47 Å². The van der Waals surface area contributed by atoms with Gasteiger partial charge in [0.05, 0.1) is 13.2 Å². The van der Waals surface area contributed by atoms with Gasteiger partial charge in [-0.3, -0.25) is 0 Å². The molecule has 1 spiro atoms. The standard InChI is InChI=1S/C12H20O2/c1-10(2)11-13-8-12(9-14-11)6-4-3-5-7-12/h3-4,10-11H,5-9H2,1-2H3. The van der Waals surface area contributed by atoms with Crippen LogP contribution in [0.2, 0.25) is 0 Å². The molecule has 2 aliphatic rings. The van der Waals surface area contributed by atoms with Gasteiger partial charge in [-0.25, -0.2) is 0 Å². The van der Waals surface area contributed by atoms with E-state index in [-0.39, 0.29) is 6.29 Å². The summed E-state index contributed by atoms with van der Waals surface area (Å²) in [6.07, 6.45) is 8.07. The lowest BCUT2D eigenvalue weighted by atomic mass is 9.78. The van der Waals surface area contributed by atoms with E-state index < -0.39 is 0 Å². The summed E-state index contributed by atoms with van der Waals surface area (Å²) in [5.74, 6) is 0.464. The van der Waals surface area contributed by atoms with E-state index >= 15 is 0 Å². The second kappa shape index (κ2) is 4.03. The largest absolute Gasteiger partial charge is 0.352 e. The second-order valence-corrected chi connectivity index (χ2v) is 4.95. The number of ether oxygens (including phenoxy) is 2. The minimum absolute atomic E-state index is 0.0199. The topological polar surface area (TPSA) is 18.5 Å². The zero-order chi connectivity index (χ0) is 10.0. The molecule has 2 rings (SSSR count). The van der Waals surface area contributed by atoms with Gasteiger partial charge < -0.3 is 9.47 Å². The van der Waals surface area contributed by atoms with Gasteiger partial charge in [-0.15, -0.1) is 0 Å². The van der Waals surface area contributed by atoms with Gasteiger partial charge in [0.1, 0.15) is 0 Å². The number of hydrogen-bond donors (Lipinski definition) is 0. The average molecular weight is 196 g/mol. The summed E-state index contributed by atoms with van der Waals surface area (Å²) in [5, 5.41) is 0. The summed E-state index contributed by atoms with van der Waals surface area (Å²) >= 11 is 0. The molecule has 0 unspecified atom stereocenters. The Morgan fingerprint density at radius 2 is 1.93 bits per heavy atom. The van der Waals surface area contributed by atoms with E-state index in [0.717, 1.165) is 19.6 Å². The van der Waals surface area contributed by atoms with Gasteiger partial charge in [-0.2, -0.15) is 0 Å². The highest BCUT2D eigenvalue weighted by Gasteiger charge is 2.37. The van der Waals surface area contributed by atoms with Crippen LogP contribution in [0.15, 0.2) is 12.2 Å². The van der Waals surface area contributed by atoms with Crippen LogP contribution in [-0.2, 0) is 9.47 Å². The molecule has 2 heteroatoms. The summed E-state index contributed by atoms with van der Waals surface area (Å²) in [7, 11) is 0. The maximum Gasteiger partial charge on any atom is 0.159 e. The molecule has 80 valence electrons. The summed E-state index contributed by atoms with van der Waals surface area (Å²) in [6, 6.07) is 0. The average Bonchev–Trinajstić information content (AvgIpc) is 2.19. The van der Waals surface area contributed by atoms with Crippen molar-refractivity contribution in [3.8, 4) is 0 Å². The fraction of sp³-hybridized carbons (Fsp3) is 0.833. The second-order valence-electron chi connectivity index (χ2n) is 4.95. The highest BCUT2D eigenvalue weighted by Crippen LogP contribution is 2.37. The van der Waals surface area contributed by atoms with E-state index in [1.165, 1.54) is 12.8 Å². The molecule has 0 N–H and O–H groups in total. The van der Waals surface area contributed by atoms with Gasteiger partial charge >= 0.3 is 0 Å². The van der Waals surface area contributed by atoms with E-state index in [9.17, 15) is 0 Å². The van der Waals surface area contributed by atoms with E-state index in [1.807, 2.05) is 0 Å². The zero-order valence-corrected chi connectivity index (χ0v) is 9.16. The Labute approximate surface area is 86.3 Å². The molecule has 0 aromatic heterocycles. The molecule has 0 amide bonds. The number of rotatable bonds is 1. The third-order valence-electron chi connectivity index (χ3n) is 3.21. The van der Waals surface area contributed by atoms with Gasteiger partial charge in [-0.1, -0.05) is 26.0 Å². The van der Waals surface area contributed by atoms with Crippen LogP contribution >= 0.6 is 0 Å². The lowest BCUT2D eigenvalue weighted by Gasteiger charge is -2.41.